The minimum absolute atomic E-state index is 0.373. The highest BCUT2D eigenvalue weighted by Gasteiger charge is 2.17. The first-order valence-electron chi connectivity index (χ1n) is 7.12. The number of aryl methyl sites for hydroxylation is 1. The highest BCUT2D eigenvalue weighted by molar-refractivity contribution is 5.93. The zero-order valence-corrected chi connectivity index (χ0v) is 12.9. The number of rotatable bonds is 4. The van der Waals surface area contributed by atoms with Gasteiger partial charge in [-0.3, -0.25) is 9.67 Å². The standard InChI is InChI=1S/C16H17N5O2/c1-21-15(9-13(20-21)11-3-6-17-7-4-11)19-14-10-18-8-5-12(14)16(22)23-2/h3-9,18-19H,10H2,1-2H3. The molecule has 0 amide bonds. The summed E-state index contributed by atoms with van der Waals surface area (Å²) in [5.41, 5.74) is 3.05. The lowest BCUT2D eigenvalue weighted by Crippen LogP contribution is -2.24. The van der Waals surface area contributed by atoms with Gasteiger partial charge in [0.05, 0.1) is 30.6 Å². The summed E-state index contributed by atoms with van der Waals surface area (Å²) in [6.07, 6.45) is 6.87. The van der Waals surface area contributed by atoms with Gasteiger partial charge in [-0.15, -0.1) is 0 Å². The number of methoxy groups -OCH3 is 1. The van der Waals surface area contributed by atoms with Crippen molar-refractivity contribution < 1.29 is 9.53 Å². The van der Waals surface area contributed by atoms with Gasteiger partial charge in [0.1, 0.15) is 5.82 Å². The van der Waals surface area contributed by atoms with Crippen LogP contribution < -0.4 is 10.6 Å². The van der Waals surface area contributed by atoms with E-state index in [1.54, 1.807) is 29.4 Å². The molecule has 0 radical (unpaired) electrons. The lowest BCUT2D eigenvalue weighted by Gasteiger charge is -2.17. The van der Waals surface area contributed by atoms with Crippen LogP contribution in [0.2, 0.25) is 0 Å². The summed E-state index contributed by atoms with van der Waals surface area (Å²) in [4.78, 5) is 15.9. The molecule has 2 N–H and O–H groups in total. The summed E-state index contributed by atoms with van der Waals surface area (Å²) >= 11 is 0. The fourth-order valence-electron chi connectivity index (χ4n) is 2.31. The molecule has 0 saturated carbocycles. The zero-order chi connectivity index (χ0) is 16.2. The quantitative estimate of drug-likeness (QED) is 0.832. The molecule has 0 aliphatic carbocycles. The van der Waals surface area contributed by atoms with Crippen LogP contribution in [-0.2, 0) is 16.6 Å². The van der Waals surface area contributed by atoms with Crippen LogP contribution in [0.1, 0.15) is 0 Å². The number of pyridine rings is 1. The van der Waals surface area contributed by atoms with E-state index < -0.39 is 0 Å². The Labute approximate surface area is 133 Å². The summed E-state index contributed by atoms with van der Waals surface area (Å²) < 4.78 is 6.55. The first-order chi connectivity index (χ1) is 11.2. The Morgan fingerprint density at radius 1 is 1.39 bits per heavy atom. The van der Waals surface area contributed by atoms with Crippen molar-refractivity contribution in [3.05, 3.63) is 54.1 Å². The van der Waals surface area contributed by atoms with E-state index in [1.165, 1.54) is 7.11 Å². The van der Waals surface area contributed by atoms with Gasteiger partial charge in [-0.1, -0.05) is 0 Å². The summed E-state index contributed by atoms with van der Waals surface area (Å²) in [6, 6.07) is 5.72. The molecular formula is C16H17N5O2. The fourth-order valence-corrected chi connectivity index (χ4v) is 2.31. The van der Waals surface area contributed by atoms with Crippen molar-refractivity contribution in [3.8, 4) is 11.3 Å². The van der Waals surface area contributed by atoms with Crippen LogP contribution in [0.15, 0.2) is 54.1 Å². The molecule has 1 aliphatic heterocycles. The summed E-state index contributed by atoms with van der Waals surface area (Å²) in [5, 5.41) is 10.8. The fraction of sp³-hybridized carbons (Fsp3) is 0.188. The van der Waals surface area contributed by atoms with Gasteiger partial charge in [0.2, 0.25) is 0 Å². The van der Waals surface area contributed by atoms with E-state index in [2.05, 4.69) is 20.7 Å². The Kier molecular flexibility index (Phi) is 4.09. The van der Waals surface area contributed by atoms with E-state index in [4.69, 9.17) is 4.74 Å². The molecule has 7 heteroatoms. The molecule has 0 bridgehead atoms. The topological polar surface area (TPSA) is 81.1 Å². The zero-order valence-electron chi connectivity index (χ0n) is 12.9. The minimum Gasteiger partial charge on any atom is -0.465 e. The van der Waals surface area contributed by atoms with Crippen LogP contribution in [0.4, 0.5) is 5.82 Å². The summed E-state index contributed by atoms with van der Waals surface area (Å²) in [7, 11) is 3.21. The van der Waals surface area contributed by atoms with Crippen LogP contribution in [0.3, 0.4) is 0 Å². The largest absolute Gasteiger partial charge is 0.465 e. The van der Waals surface area contributed by atoms with Gasteiger partial charge in [0.25, 0.3) is 0 Å². The van der Waals surface area contributed by atoms with Crippen LogP contribution in [0.25, 0.3) is 11.3 Å². The van der Waals surface area contributed by atoms with Crippen molar-refractivity contribution in [2.75, 3.05) is 19.0 Å². The number of anilines is 1. The number of nitrogens with zero attached hydrogens (tertiary/aromatic N) is 3. The summed E-state index contributed by atoms with van der Waals surface area (Å²) in [6.45, 7) is 0.511. The van der Waals surface area contributed by atoms with Crippen molar-refractivity contribution in [1.29, 1.82) is 0 Å². The number of aromatic nitrogens is 3. The van der Waals surface area contributed by atoms with Crippen LogP contribution >= 0.6 is 0 Å². The SMILES string of the molecule is COC(=O)C1=C(Nc2cc(-c3ccncc3)nn2C)CNC=C1. The molecule has 23 heavy (non-hydrogen) atoms. The van der Waals surface area contributed by atoms with Gasteiger partial charge in [-0.2, -0.15) is 5.10 Å². The normalized spacial score (nSPS) is 13.7. The lowest BCUT2D eigenvalue weighted by molar-refractivity contribution is -0.135. The molecule has 0 saturated heterocycles. The third kappa shape index (κ3) is 3.08. The molecule has 7 nitrogen and oxygen atoms in total. The number of dihydropyridines is 1. The molecule has 0 spiro atoms. The Balaban J connectivity index is 1.91. The minimum atomic E-state index is -0.373. The maximum atomic E-state index is 11.9. The van der Waals surface area contributed by atoms with E-state index in [1.807, 2.05) is 25.2 Å². The monoisotopic (exact) mass is 311 g/mol. The first kappa shape index (κ1) is 14.8. The first-order valence-corrected chi connectivity index (χ1v) is 7.12. The van der Waals surface area contributed by atoms with Crippen molar-refractivity contribution in [2.45, 2.75) is 0 Å². The Bertz CT molecular complexity index is 777. The van der Waals surface area contributed by atoms with Crippen LogP contribution in [0, 0.1) is 0 Å². The van der Waals surface area contributed by atoms with E-state index in [0.717, 1.165) is 22.8 Å². The maximum absolute atomic E-state index is 11.9. The molecule has 0 unspecified atom stereocenters. The average molecular weight is 311 g/mol. The molecule has 3 heterocycles. The van der Waals surface area contributed by atoms with Crippen LogP contribution in [0.5, 0.6) is 0 Å². The van der Waals surface area contributed by atoms with Crippen molar-refractivity contribution in [2.24, 2.45) is 7.05 Å². The second kappa shape index (κ2) is 6.35. The van der Waals surface area contributed by atoms with Crippen molar-refractivity contribution in [3.63, 3.8) is 0 Å². The van der Waals surface area contributed by atoms with E-state index >= 15 is 0 Å². The predicted octanol–water partition coefficient (Wildman–Crippen LogP) is 1.44. The molecule has 2 aromatic heterocycles. The number of carbonyl (C=O) groups is 1. The molecule has 118 valence electrons. The van der Waals surface area contributed by atoms with Crippen LogP contribution in [-0.4, -0.2) is 34.4 Å². The second-order valence-corrected chi connectivity index (χ2v) is 5.00. The second-order valence-electron chi connectivity index (χ2n) is 5.00. The van der Waals surface area contributed by atoms with Crippen molar-refractivity contribution in [1.82, 2.24) is 20.1 Å². The van der Waals surface area contributed by atoms with Gasteiger partial charge >= 0.3 is 5.97 Å². The number of nitrogens with one attached hydrogen (secondary N) is 2. The lowest BCUT2D eigenvalue weighted by atomic mass is 10.1. The molecular weight excluding hydrogens is 294 g/mol. The Morgan fingerprint density at radius 3 is 2.91 bits per heavy atom. The third-order valence-electron chi connectivity index (χ3n) is 3.51. The number of hydrogen-bond acceptors (Lipinski definition) is 6. The maximum Gasteiger partial charge on any atom is 0.339 e. The smallest absolute Gasteiger partial charge is 0.339 e. The highest BCUT2D eigenvalue weighted by Crippen LogP contribution is 2.22. The molecule has 2 aromatic rings. The number of carbonyl (C=O) groups excluding carboxylic acids is 1. The number of ether oxygens (including phenoxy) is 1. The number of esters is 1. The summed E-state index contributed by atoms with van der Waals surface area (Å²) in [5.74, 6) is 0.409. The van der Waals surface area contributed by atoms with Crippen molar-refractivity contribution >= 4 is 11.8 Å². The van der Waals surface area contributed by atoms with Gasteiger partial charge in [0, 0.05) is 31.1 Å². The van der Waals surface area contributed by atoms with Gasteiger partial charge in [-0.25, -0.2) is 4.79 Å². The third-order valence-corrected chi connectivity index (χ3v) is 3.51. The molecule has 0 fully saturated rings. The molecule has 1 aliphatic rings. The van der Waals surface area contributed by atoms with E-state index in [0.29, 0.717) is 12.1 Å². The number of hydrogen-bond donors (Lipinski definition) is 2. The molecule has 0 aromatic carbocycles. The highest BCUT2D eigenvalue weighted by atomic mass is 16.5. The Hall–Kier alpha value is -3.09. The van der Waals surface area contributed by atoms with Gasteiger partial charge < -0.3 is 15.4 Å². The predicted molar refractivity (Wildman–Crippen MR) is 86.2 cm³/mol. The van der Waals surface area contributed by atoms with E-state index in [-0.39, 0.29) is 5.97 Å². The molecule has 3 rings (SSSR count). The van der Waals surface area contributed by atoms with E-state index in [9.17, 15) is 4.79 Å². The molecule has 0 atom stereocenters. The van der Waals surface area contributed by atoms with Gasteiger partial charge in [-0.05, 0) is 24.4 Å². The Morgan fingerprint density at radius 2 is 2.17 bits per heavy atom. The average Bonchev–Trinajstić information content (AvgIpc) is 2.96. The van der Waals surface area contributed by atoms with Gasteiger partial charge in [0.15, 0.2) is 0 Å².